The van der Waals surface area contributed by atoms with Gasteiger partial charge < -0.3 is 19.1 Å². The first kappa shape index (κ1) is 22.7. The van der Waals surface area contributed by atoms with Crippen molar-refractivity contribution < 1.29 is 27.4 Å². The zero-order chi connectivity index (χ0) is 21.4. The SMILES string of the molecule is COCCNS(=O)(=O)c1cc(C(=O)N(C)Cc2ccc(OC)cc2)ccc1OC. The number of hydrogen-bond acceptors (Lipinski definition) is 6. The van der Waals surface area contributed by atoms with Crippen molar-refractivity contribution in [2.45, 2.75) is 11.4 Å². The van der Waals surface area contributed by atoms with Crippen LogP contribution in [0.3, 0.4) is 0 Å². The van der Waals surface area contributed by atoms with Gasteiger partial charge in [-0.2, -0.15) is 0 Å². The lowest BCUT2D eigenvalue weighted by atomic mass is 10.1. The van der Waals surface area contributed by atoms with Crippen LogP contribution < -0.4 is 14.2 Å². The lowest BCUT2D eigenvalue weighted by molar-refractivity contribution is 0.0785. The van der Waals surface area contributed by atoms with Gasteiger partial charge in [0.15, 0.2) is 0 Å². The Hall–Kier alpha value is -2.62. The van der Waals surface area contributed by atoms with Crippen LogP contribution in [-0.2, 0) is 21.3 Å². The van der Waals surface area contributed by atoms with Crippen LogP contribution in [0.4, 0.5) is 0 Å². The molecule has 0 aliphatic heterocycles. The quantitative estimate of drug-likeness (QED) is 0.588. The highest BCUT2D eigenvalue weighted by atomic mass is 32.2. The minimum Gasteiger partial charge on any atom is -0.497 e. The highest BCUT2D eigenvalue weighted by molar-refractivity contribution is 7.89. The molecule has 0 spiro atoms. The van der Waals surface area contributed by atoms with Gasteiger partial charge in [0.1, 0.15) is 16.4 Å². The Morgan fingerprint density at radius 3 is 2.31 bits per heavy atom. The summed E-state index contributed by atoms with van der Waals surface area (Å²) in [6.07, 6.45) is 0. The molecule has 0 saturated heterocycles. The second-order valence-corrected chi connectivity index (χ2v) is 8.00. The van der Waals surface area contributed by atoms with Crippen molar-refractivity contribution in [3.05, 3.63) is 53.6 Å². The van der Waals surface area contributed by atoms with Gasteiger partial charge in [-0.25, -0.2) is 13.1 Å². The fraction of sp³-hybridized carbons (Fsp3) is 0.350. The minimum absolute atomic E-state index is 0.0974. The molecule has 9 heteroatoms. The number of hydrogen-bond donors (Lipinski definition) is 1. The molecule has 158 valence electrons. The van der Waals surface area contributed by atoms with Gasteiger partial charge in [-0.15, -0.1) is 0 Å². The summed E-state index contributed by atoms with van der Waals surface area (Å²) in [7, 11) is 2.23. The van der Waals surface area contributed by atoms with Gasteiger partial charge in [0, 0.05) is 32.8 Å². The standard InChI is InChI=1S/C20H26N2O6S/c1-22(14-15-5-8-17(27-3)9-6-15)20(23)16-7-10-18(28-4)19(13-16)29(24,25)21-11-12-26-2/h5-10,13,21H,11-12,14H2,1-4H3. The first-order valence-corrected chi connectivity index (χ1v) is 10.4. The molecule has 2 aromatic rings. The summed E-state index contributed by atoms with van der Waals surface area (Å²) < 4.78 is 42.8. The fourth-order valence-electron chi connectivity index (χ4n) is 2.67. The van der Waals surface area contributed by atoms with Gasteiger partial charge in [-0.3, -0.25) is 4.79 Å². The minimum atomic E-state index is -3.86. The number of methoxy groups -OCH3 is 3. The maximum atomic E-state index is 12.8. The summed E-state index contributed by atoms with van der Waals surface area (Å²) in [6, 6.07) is 11.7. The Bertz CT molecular complexity index is 928. The average molecular weight is 423 g/mol. The molecule has 1 amide bonds. The largest absolute Gasteiger partial charge is 0.497 e. The molecule has 8 nitrogen and oxygen atoms in total. The van der Waals surface area contributed by atoms with Gasteiger partial charge in [0.25, 0.3) is 5.91 Å². The normalized spacial score (nSPS) is 11.2. The van der Waals surface area contributed by atoms with Crippen molar-refractivity contribution in [1.82, 2.24) is 9.62 Å². The molecule has 0 radical (unpaired) electrons. The van der Waals surface area contributed by atoms with Gasteiger partial charge in [-0.05, 0) is 35.9 Å². The molecular formula is C20H26N2O6S. The lowest BCUT2D eigenvalue weighted by Gasteiger charge is -2.19. The van der Waals surface area contributed by atoms with Crippen molar-refractivity contribution in [2.75, 3.05) is 41.5 Å². The predicted octanol–water partition coefficient (Wildman–Crippen LogP) is 1.90. The molecule has 0 aliphatic rings. The van der Waals surface area contributed by atoms with Crippen LogP contribution in [0, 0.1) is 0 Å². The van der Waals surface area contributed by atoms with Crippen LogP contribution in [0.1, 0.15) is 15.9 Å². The smallest absolute Gasteiger partial charge is 0.253 e. The number of nitrogens with one attached hydrogen (secondary N) is 1. The van der Waals surface area contributed by atoms with Crippen molar-refractivity contribution in [1.29, 1.82) is 0 Å². The topological polar surface area (TPSA) is 94.2 Å². The molecule has 0 aromatic heterocycles. The molecule has 29 heavy (non-hydrogen) atoms. The molecule has 0 atom stereocenters. The van der Waals surface area contributed by atoms with Crippen LogP contribution >= 0.6 is 0 Å². The summed E-state index contributed by atoms with van der Waals surface area (Å²) in [4.78, 5) is 14.3. The van der Waals surface area contributed by atoms with E-state index in [9.17, 15) is 13.2 Å². The number of rotatable bonds is 10. The van der Waals surface area contributed by atoms with Gasteiger partial charge in [0.05, 0.1) is 20.8 Å². The maximum absolute atomic E-state index is 12.8. The Morgan fingerprint density at radius 2 is 1.72 bits per heavy atom. The van der Waals surface area contributed by atoms with Crippen molar-refractivity contribution >= 4 is 15.9 Å². The Kier molecular flexibility index (Phi) is 8.00. The average Bonchev–Trinajstić information content (AvgIpc) is 2.73. The number of benzene rings is 2. The van der Waals surface area contributed by atoms with Crippen LogP contribution in [0.2, 0.25) is 0 Å². The number of carbonyl (C=O) groups is 1. The van der Waals surface area contributed by atoms with E-state index in [1.54, 1.807) is 20.2 Å². The van der Waals surface area contributed by atoms with Crippen LogP contribution in [-0.4, -0.2) is 60.8 Å². The molecule has 2 rings (SSSR count). The predicted molar refractivity (Wildman–Crippen MR) is 109 cm³/mol. The lowest BCUT2D eigenvalue weighted by Crippen LogP contribution is -2.29. The highest BCUT2D eigenvalue weighted by Gasteiger charge is 2.22. The highest BCUT2D eigenvalue weighted by Crippen LogP contribution is 2.25. The number of sulfonamides is 1. The van der Waals surface area contributed by atoms with Crippen molar-refractivity contribution in [3.63, 3.8) is 0 Å². The summed E-state index contributed by atoms with van der Waals surface area (Å²) in [5.74, 6) is 0.579. The van der Waals surface area contributed by atoms with Crippen molar-refractivity contribution in [3.8, 4) is 11.5 Å². The number of carbonyl (C=O) groups excluding carboxylic acids is 1. The Labute approximate surface area is 171 Å². The van der Waals surface area contributed by atoms with Crippen molar-refractivity contribution in [2.24, 2.45) is 0 Å². The fourth-order valence-corrected chi connectivity index (χ4v) is 3.88. The molecular weight excluding hydrogens is 396 g/mol. The summed E-state index contributed by atoms with van der Waals surface area (Å²) in [5, 5.41) is 0. The number of nitrogens with zero attached hydrogens (tertiary/aromatic N) is 1. The zero-order valence-corrected chi connectivity index (χ0v) is 17.8. The molecule has 0 fully saturated rings. The van der Waals surface area contributed by atoms with E-state index in [1.165, 1.54) is 31.3 Å². The van der Waals surface area contributed by atoms with Gasteiger partial charge in [0.2, 0.25) is 10.0 Å². The number of amides is 1. The second kappa shape index (κ2) is 10.2. The third-order valence-corrected chi connectivity index (χ3v) is 5.71. The summed E-state index contributed by atoms with van der Waals surface area (Å²) in [6.45, 7) is 0.700. The first-order valence-electron chi connectivity index (χ1n) is 8.87. The van der Waals surface area contributed by atoms with E-state index in [0.29, 0.717) is 6.54 Å². The Balaban J connectivity index is 2.23. The summed E-state index contributed by atoms with van der Waals surface area (Å²) in [5.41, 5.74) is 1.16. The third-order valence-electron chi connectivity index (χ3n) is 4.22. The molecule has 0 aliphatic carbocycles. The van der Waals surface area contributed by atoms with Crippen LogP contribution in [0.5, 0.6) is 11.5 Å². The molecule has 0 saturated carbocycles. The summed E-state index contributed by atoms with van der Waals surface area (Å²) >= 11 is 0. The second-order valence-electron chi connectivity index (χ2n) is 6.27. The number of ether oxygens (including phenoxy) is 3. The van der Waals surface area contributed by atoms with Gasteiger partial charge >= 0.3 is 0 Å². The Morgan fingerprint density at radius 1 is 1.03 bits per heavy atom. The van der Waals surface area contributed by atoms with E-state index in [-0.39, 0.29) is 35.3 Å². The molecule has 2 aromatic carbocycles. The van der Waals surface area contributed by atoms with Crippen LogP contribution in [0.25, 0.3) is 0 Å². The van der Waals surface area contributed by atoms with E-state index in [4.69, 9.17) is 14.2 Å². The van der Waals surface area contributed by atoms with Crippen LogP contribution in [0.15, 0.2) is 47.4 Å². The molecule has 1 N–H and O–H groups in total. The van der Waals surface area contributed by atoms with E-state index in [1.807, 2.05) is 24.3 Å². The third kappa shape index (κ3) is 5.93. The van der Waals surface area contributed by atoms with E-state index >= 15 is 0 Å². The van der Waals surface area contributed by atoms with E-state index < -0.39 is 10.0 Å². The maximum Gasteiger partial charge on any atom is 0.253 e. The molecule has 0 heterocycles. The molecule has 0 bridgehead atoms. The zero-order valence-electron chi connectivity index (χ0n) is 17.0. The van der Waals surface area contributed by atoms with E-state index in [0.717, 1.165) is 11.3 Å². The molecule has 0 unspecified atom stereocenters. The van der Waals surface area contributed by atoms with E-state index in [2.05, 4.69) is 4.72 Å². The monoisotopic (exact) mass is 422 g/mol. The van der Waals surface area contributed by atoms with Gasteiger partial charge in [-0.1, -0.05) is 12.1 Å². The first-order chi connectivity index (χ1) is 13.8.